The molecule has 0 spiro atoms. The summed E-state index contributed by atoms with van der Waals surface area (Å²) in [4.78, 5) is 12.3. The number of nitrogens with one attached hydrogen (secondary N) is 1. The third-order valence-electron chi connectivity index (χ3n) is 4.29. The van der Waals surface area contributed by atoms with Crippen LogP contribution in [0.25, 0.3) is 0 Å². The molecule has 2 heterocycles. The maximum atomic E-state index is 12.5. The van der Waals surface area contributed by atoms with Gasteiger partial charge in [0.1, 0.15) is 4.21 Å². The summed E-state index contributed by atoms with van der Waals surface area (Å²) in [5, 5.41) is 4.72. The standard InChI is InChI=1S/C17H19IN2O3S2/c18-15-5-3-13(4-6-15)12-19-17(21)14-7-9-20(10-8-14)25(22,23)16-2-1-11-24-16/h1-6,11,14H,7-10,12H2,(H,19,21). The largest absolute Gasteiger partial charge is 0.352 e. The van der Waals surface area contributed by atoms with Crippen molar-refractivity contribution in [1.82, 2.24) is 9.62 Å². The summed E-state index contributed by atoms with van der Waals surface area (Å²) < 4.78 is 28.0. The molecule has 8 heteroatoms. The lowest BCUT2D eigenvalue weighted by molar-refractivity contribution is -0.126. The summed E-state index contributed by atoms with van der Waals surface area (Å²) in [6.07, 6.45) is 1.12. The van der Waals surface area contributed by atoms with E-state index in [4.69, 9.17) is 0 Å². The van der Waals surface area contributed by atoms with Crippen molar-refractivity contribution in [2.75, 3.05) is 13.1 Å². The molecule has 0 saturated carbocycles. The normalized spacial score (nSPS) is 16.7. The van der Waals surface area contributed by atoms with Crippen LogP contribution in [0.2, 0.25) is 0 Å². The van der Waals surface area contributed by atoms with Gasteiger partial charge in [0.15, 0.2) is 0 Å². The van der Waals surface area contributed by atoms with Crippen LogP contribution >= 0.6 is 33.9 Å². The number of piperidine rings is 1. The molecular weight excluding hydrogens is 471 g/mol. The van der Waals surface area contributed by atoms with Gasteiger partial charge in [0.25, 0.3) is 10.0 Å². The number of hydrogen-bond donors (Lipinski definition) is 1. The van der Waals surface area contributed by atoms with E-state index in [0.717, 1.165) is 9.13 Å². The molecule has 1 aromatic carbocycles. The highest BCUT2D eigenvalue weighted by Crippen LogP contribution is 2.26. The molecule has 25 heavy (non-hydrogen) atoms. The molecule has 1 aliphatic rings. The molecule has 2 aromatic rings. The molecule has 3 rings (SSSR count). The van der Waals surface area contributed by atoms with Crippen LogP contribution in [0.1, 0.15) is 18.4 Å². The third kappa shape index (κ3) is 4.60. The van der Waals surface area contributed by atoms with Gasteiger partial charge in [-0.1, -0.05) is 18.2 Å². The number of hydrogen-bond acceptors (Lipinski definition) is 4. The van der Waals surface area contributed by atoms with Crippen molar-refractivity contribution in [2.45, 2.75) is 23.6 Å². The Kier molecular flexibility index (Phi) is 6.13. The number of sulfonamides is 1. The molecule has 1 N–H and O–H groups in total. The molecule has 0 bridgehead atoms. The van der Waals surface area contributed by atoms with E-state index in [-0.39, 0.29) is 11.8 Å². The first-order valence-corrected chi connectivity index (χ1v) is 11.4. The highest BCUT2D eigenvalue weighted by molar-refractivity contribution is 14.1. The van der Waals surface area contributed by atoms with Crippen molar-refractivity contribution in [3.8, 4) is 0 Å². The lowest BCUT2D eigenvalue weighted by Crippen LogP contribution is -2.42. The van der Waals surface area contributed by atoms with Gasteiger partial charge in [-0.3, -0.25) is 4.79 Å². The molecule has 0 aliphatic carbocycles. The number of thiophene rings is 1. The molecule has 1 aromatic heterocycles. The molecule has 1 saturated heterocycles. The van der Waals surface area contributed by atoms with Crippen LogP contribution in [-0.2, 0) is 21.4 Å². The van der Waals surface area contributed by atoms with E-state index in [1.54, 1.807) is 17.5 Å². The number of benzene rings is 1. The molecule has 1 fully saturated rings. The molecule has 0 unspecified atom stereocenters. The van der Waals surface area contributed by atoms with Crippen LogP contribution in [0.15, 0.2) is 46.0 Å². The zero-order valence-corrected chi connectivity index (χ0v) is 17.3. The highest BCUT2D eigenvalue weighted by Gasteiger charge is 2.32. The number of carbonyl (C=O) groups is 1. The van der Waals surface area contributed by atoms with Crippen LogP contribution in [0.3, 0.4) is 0 Å². The second-order valence-corrected chi connectivity index (χ2v) is 10.3. The number of amides is 1. The van der Waals surface area contributed by atoms with Gasteiger partial charge < -0.3 is 5.32 Å². The smallest absolute Gasteiger partial charge is 0.252 e. The lowest BCUT2D eigenvalue weighted by Gasteiger charge is -2.30. The Morgan fingerprint density at radius 3 is 2.48 bits per heavy atom. The summed E-state index contributed by atoms with van der Waals surface area (Å²) in [6, 6.07) is 11.4. The van der Waals surface area contributed by atoms with Gasteiger partial charge in [0.05, 0.1) is 0 Å². The Balaban J connectivity index is 1.51. The monoisotopic (exact) mass is 490 g/mol. The van der Waals surface area contributed by atoms with E-state index in [1.165, 1.54) is 15.6 Å². The fraction of sp³-hybridized carbons (Fsp3) is 0.353. The zero-order chi connectivity index (χ0) is 17.9. The summed E-state index contributed by atoms with van der Waals surface area (Å²) in [7, 11) is -3.41. The third-order valence-corrected chi connectivity index (χ3v) is 8.28. The van der Waals surface area contributed by atoms with Crippen molar-refractivity contribution >= 4 is 49.9 Å². The van der Waals surface area contributed by atoms with Crippen LogP contribution < -0.4 is 5.32 Å². The maximum absolute atomic E-state index is 12.5. The van der Waals surface area contributed by atoms with Crippen molar-refractivity contribution in [1.29, 1.82) is 0 Å². The van der Waals surface area contributed by atoms with E-state index in [2.05, 4.69) is 27.9 Å². The number of rotatable bonds is 5. The molecule has 134 valence electrons. The first-order chi connectivity index (χ1) is 12.0. The summed E-state index contributed by atoms with van der Waals surface area (Å²) in [6.45, 7) is 1.28. The number of nitrogens with zero attached hydrogens (tertiary/aromatic N) is 1. The van der Waals surface area contributed by atoms with Crippen LogP contribution in [-0.4, -0.2) is 31.7 Å². The van der Waals surface area contributed by atoms with Crippen molar-refractivity contribution in [2.24, 2.45) is 5.92 Å². The van der Waals surface area contributed by atoms with Crippen molar-refractivity contribution < 1.29 is 13.2 Å². The molecular formula is C17H19IN2O3S2. The summed E-state index contributed by atoms with van der Waals surface area (Å²) in [5.41, 5.74) is 1.06. The highest BCUT2D eigenvalue weighted by atomic mass is 127. The Morgan fingerprint density at radius 1 is 1.20 bits per heavy atom. The van der Waals surface area contributed by atoms with Gasteiger partial charge in [-0.05, 0) is 64.6 Å². The predicted molar refractivity (Wildman–Crippen MR) is 107 cm³/mol. The number of halogens is 1. The quantitative estimate of drug-likeness (QED) is 0.656. The summed E-state index contributed by atoms with van der Waals surface area (Å²) in [5.74, 6) is -0.120. The Labute approximate surface area is 165 Å². The molecule has 0 atom stereocenters. The molecule has 1 amide bonds. The SMILES string of the molecule is O=C(NCc1ccc(I)cc1)C1CCN(S(=O)(=O)c2cccs2)CC1. The van der Waals surface area contributed by atoms with E-state index in [9.17, 15) is 13.2 Å². The van der Waals surface area contributed by atoms with Crippen LogP contribution in [0, 0.1) is 9.49 Å². The van der Waals surface area contributed by atoms with Gasteiger partial charge in [0, 0.05) is 29.1 Å². The topological polar surface area (TPSA) is 66.5 Å². The van der Waals surface area contributed by atoms with Gasteiger partial charge in [-0.15, -0.1) is 11.3 Å². The summed E-state index contributed by atoms with van der Waals surface area (Å²) >= 11 is 3.47. The Bertz CT molecular complexity index is 812. The van der Waals surface area contributed by atoms with Crippen LogP contribution in [0.4, 0.5) is 0 Å². The fourth-order valence-electron chi connectivity index (χ4n) is 2.83. The first kappa shape index (κ1) is 18.8. The first-order valence-electron chi connectivity index (χ1n) is 8.02. The molecule has 5 nitrogen and oxygen atoms in total. The van der Waals surface area contributed by atoms with E-state index in [1.807, 2.05) is 24.3 Å². The minimum absolute atomic E-state index is 0.00622. The average Bonchev–Trinajstić information content (AvgIpc) is 3.16. The van der Waals surface area contributed by atoms with Crippen molar-refractivity contribution in [3.63, 3.8) is 0 Å². The lowest BCUT2D eigenvalue weighted by atomic mass is 9.97. The van der Waals surface area contributed by atoms with Crippen LogP contribution in [0.5, 0.6) is 0 Å². The zero-order valence-electron chi connectivity index (χ0n) is 13.5. The minimum Gasteiger partial charge on any atom is -0.352 e. The predicted octanol–water partition coefficient (Wildman–Crippen LogP) is 3.07. The van der Waals surface area contributed by atoms with E-state index >= 15 is 0 Å². The van der Waals surface area contributed by atoms with Crippen molar-refractivity contribution in [3.05, 3.63) is 50.9 Å². The number of carbonyl (C=O) groups excluding carboxylic acids is 1. The second kappa shape index (κ2) is 8.15. The molecule has 1 aliphatic heterocycles. The fourth-order valence-corrected chi connectivity index (χ4v) is 5.81. The average molecular weight is 490 g/mol. The molecule has 0 radical (unpaired) electrons. The Hall–Kier alpha value is -0.970. The second-order valence-electron chi connectivity index (χ2n) is 5.95. The van der Waals surface area contributed by atoms with E-state index in [0.29, 0.717) is 36.7 Å². The van der Waals surface area contributed by atoms with Gasteiger partial charge >= 0.3 is 0 Å². The van der Waals surface area contributed by atoms with E-state index < -0.39 is 10.0 Å². The van der Waals surface area contributed by atoms with Gasteiger partial charge in [-0.2, -0.15) is 4.31 Å². The van der Waals surface area contributed by atoms with Gasteiger partial charge in [0.2, 0.25) is 5.91 Å². The Morgan fingerprint density at radius 2 is 1.88 bits per heavy atom. The minimum atomic E-state index is -3.41. The maximum Gasteiger partial charge on any atom is 0.252 e. The van der Waals surface area contributed by atoms with Gasteiger partial charge in [-0.25, -0.2) is 8.42 Å².